The molecule has 1 aromatic carbocycles. The largest absolute Gasteiger partial charge is 0.255 e. The molecule has 0 unspecified atom stereocenters. The molecule has 0 N–H and O–H groups in total. The molecule has 0 spiro atoms. The minimum atomic E-state index is 0.959. The van der Waals surface area contributed by atoms with E-state index in [0.717, 1.165) is 18.5 Å². The molecule has 0 aliphatic carbocycles. The maximum Gasteiger partial charge on any atom is 0.0830 e. The van der Waals surface area contributed by atoms with Crippen LogP contribution in [0.3, 0.4) is 0 Å². The van der Waals surface area contributed by atoms with E-state index in [4.69, 9.17) is 0 Å². The molecule has 2 rings (SSSR count). The van der Waals surface area contributed by atoms with Crippen LogP contribution in [0.5, 0.6) is 0 Å². The van der Waals surface area contributed by atoms with Gasteiger partial charge in [0.05, 0.1) is 5.69 Å². The van der Waals surface area contributed by atoms with Gasteiger partial charge in [0.25, 0.3) is 0 Å². The van der Waals surface area contributed by atoms with E-state index < -0.39 is 0 Å². The van der Waals surface area contributed by atoms with Gasteiger partial charge in [-0.05, 0) is 30.4 Å². The van der Waals surface area contributed by atoms with Gasteiger partial charge in [0.2, 0.25) is 0 Å². The third-order valence-electron chi connectivity index (χ3n) is 2.88. The van der Waals surface area contributed by atoms with Crippen molar-refractivity contribution in [1.82, 2.24) is 15.0 Å². The van der Waals surface area contributed by atoms with E-state index >= 15 is 0 Å². The number of rotatable bonds is 5. The predicted octanol–water partition coefficient (Wildman–Crippen LogP) is 2.55. The Morgan fingerprint density at radius 3 is 2.18 bits per heavy atom. The quantitative estimate of drug-likeness (QED) is 0.789. The summed E-state index contributed by atoms with van der Waals surface area (Å²) in [5.74, 6) is 0. The van der Waals surface area contributed by atoms with Gasteiger partial charge in [0.1, 0.15) is 0 Å². The summed E-state index contributed by atoms with van der Waals surface area (Å²) >= 11 is 0. The molecule has 0 fully saturated rings. The molecule has 0 atom stereocenters. The maximum absolute atomic E-state index is 4.09. The average Bonchev–Trinajstić information content (AvgIpc) is 2.75. The Balaban J connectivity index is 1.90. The zero-order chi connectivity index (χ0) is 12.1. The van der Waals surface area contributed by atoms with Crippen molar-refractivity contribution in [3.05, 3.63) is 47.3 Å². The van der Waals surface area contributed by atoms with Gasteiger partial charge in [-0.1, -0.05) is 42.8 Å². The number of aromatic nitrogens is 3. The zero-order valence-electron chi connectivity index (χ0n) is 10.6. The van der Waals surface area contributed by atoms with Gasteiger partial charge < -0.3 is 0 Å². The lowest BCUT2D eigenvalue weighted by atomic mass is 10.0. The summed E-state index contributed by atoms with van der Waals surface area (Å²) in [5, 5.41) is 8.02. The summed E-state index contributed by atoms with van der Waals surface area (Å²) in [6.45, 7) is 2.21. The van der Waals surface area contributed by atoms with Crippen LogP contribution in [0, 0.1) is 0 Å². The second kappa shape index (κ2) is 5.62. The number of hydrogen-bond acceptors (Lipinski definition) is 2. The molecule has 0 bridgehead atoms. The van der Waals surface area contributed by atoms with E-state index in [1.165, 1.54) is 24.0 Å². The molecule has 3 heteroatoms. The van der Waals surface area contributed by atoms with Gasteiger partial charge in [-0.15, -0.1) is 5.10 Å². The highest BCUT2D eigenvalue weighted by Crippen LogP contribution is 2.09. The first-order valence-electron chi connectivity index (χ1n) is 6.21. The van der Waals surface area contributed by atoms with Gasteiger partial charge in [0, 0.05) is 13.2 Å². The Bertz CT molecular complexity index is 457. The lowest BCUT2D eigenvalue weighted by molar-refractivity contribution is 0.713. The molecule has 2 aromatic rings. The monoisotopic (exact) mass is 229 g/mol. The number of aryl methyl sites for hydroxylation is 4. The summed E-state index contributed by atoms with van der Waals surface area (Å²) in [6, 6.07) is 8.91. The molecule has 0 saturated heterocycles. The Morgan fingerprint density at radius 2 is 1.65 bits per heavy atom. The van der Waals surface area contributed by atoms with Crippen molar-refractivity contribution >= 4 is 0 Å². The standard InChI is InChI=1S/C14H19N3/c1-3-4-12-5-7-13(8-6-12)9-10-14-11-17(2)16-15-14/h5-8,11H,3-4,9-10H2,1-2H3. The molecule has 0 amide bonds. The van der Waals surface area contributed by atoms with Crippen LogP contribution in [0.4, 0.5) is 0 Å². The van der Waals surface area contributed by atoms with Gasteiger partial charge >= 0.3 is 0 Å². The van der Waals surface area contributed by atoms with Crippen LogP contribution < -0.4 is 0 Å². The van der Waals surface area contributed by atoms with Gasteiger partial charge in [-0.2, -0.15) is 0 Å². The Morgan fingerprint density at radius 1 is 1.00 bits per heavy atom. The molecule has 90 valence electrons. The van der Waals surface area contributed by atoms with Gasteiger partial charge in [-0.3, -0.25) is 4.68 Å². The predicted molar refractivity (Wildman–Crippen MR) is 68.8 cm³/mol. The van der Waals surface area contributed by atoms with Crippen LogP contribution >= 0.6 is 0 Å². The van der Waals surface area contributed by atoms with Crippen molar-refractivity contribution in [3.63, 3.8) is 0 Å². The molecule has 3 nitrogen and oxygen atoms in total. The minimum Gasteiger partial charge on any atom is -0.255 e. The first kappa shape index (κ1) is 11.8. The van der Waals surface area contributed by atoms with E-state index in [1.807, 2.05) is 13.2 Å². The lowest BCUT2D eigenvalue weighted by Gasteiger charge is -2.02. The van der Waals surface area contributed by atoms with E-state index in [1.54, 1.807) is 4.68 Å². The number of nitrogens with zero attached hydrogens (tertiary/aromatic N) is 3. The van der Waals surface area contributed by atoms with E-state index in [2.05, 4.69) is 41.5 Å². The molecular formula is C14H19N3. The fourth-order valence-electron chi connectivity index (χ4n) is 1.94. The summed E-state index contributed by atoms with van der Waals surface area (Å²) in [7, 11) is 1.90. The summed E-state index contributed by atoms with van der Waals surface area (Å²) in [6.07, 6.45) is 6.35. The van der Waals surface area contributed by atoms with Crippen LogP contribution in [0.25, 0.3) is 0 Å². The molecular weight excluding hydrogens is 210 g/mol. The summed E-state index contributed by atoms with van der Waals surface area (Å²) in [5.41, 5.74) is 3.86. The van der Waals surface area contributed by atoms with E-state index in [9.17, 15) is 0 Å². The maximum atomic E-state index is 4.09. The highest BCUT2D eigenvalue weighted by molar-refractivity contribution is 5.23. The van der Waals surface area contributed by atoms with Crippen LogP contribution in [0.1, 0.15) is 30.2 Å². The second-order valence-corrected chi connectivity index (χ2v) is 4.45. The van der Waals surface area contributed by atoms with Crippen molar-refractivity contribution < 1.29 is 0 Å². The third kappa shape index (κ3) is 3.41. The van der Waals surface area contributed by atoms with Crippen molar-refractivity contribution in [2.45, 2.75) is 32.6 Å². The molecule has 0 saturated carbocycles. The van der Waals surface area contributed by atoms with Crippen LogP contribution in [0.2, 0.25) is 0 Å². The molecule has 1 aromatic heterocycles. The molecule has 0 radical (unpaired) electrons. The number of benzene rings is 1. The Kier molecular flexibility index (Phi) is 3.91. The normalized spacial score (nSPS) is 10.7. The van der Waals surface area contributed by atoms with Crippen molar-refractivity contribution in [2.24, 2.45) is 7.05 Å². The molecule has 17 heavy (non-hydrogen) atoms. The molecule has 0 aliphatic rings. The van der Waals surface area contributed by atoms with E-state index in [-0.39, 0.29) is 0 Å². The fourth-order valence-corrected chi connectivity index (χ4v) is 1.94. The Labute approximate surface area is 102 Å². The van der Waals surface area contributed by atoms with Gasteiger partial charge in [0.15, 0.2) is 0 Å². The third-order valence-corrected chi connectivity index (χ3v) is 2.88. The first-order valence-corrected chi connectivity index (χ1v) is 6.21. The molecule has 1 heterocycles. The summed E-state index contributed by atoms with van der Waals surface area (Å²) in [4.78, 5) is 0. The topological polar surface area (TPSA) is 30.7 Å². The average molecular weight is 229 g/mol. The van der Waals surface area contributed by atoms with Gasteiger partial charge in [-0.25, -0.2) is 0 Å². The van der Waals surface area contributed by atoms with Crippen LogP contribution in [-0.2, 0) is 26.3 Å². The zero-order valence-corrected chi connectivity index (χ0v) is 10.6. The minimum absolute atomic E-state index is 0.959. The van der Waals surface area contributed by atoms with Crippen molar-refractivity contribution in [1.29, 1.82) is 0 Å². The Hall–Kier alpha value is -1.64. The van der Waals surface area contributed by atoms with Crippen molar-refractivity contribution in [2.75, 3.05) is 0 Å². The van der Waals surface area contributed by atoms with E-state index in [0.29, 0.717) is 0 Å². The summed E-state index contributed by atoms with van der Waals surface area (Å²) < 4.78 is 1.75. The SMILES string of the molecule is CCCc1ccc(CCc2cn(C)nn2)cc1. The smallest absolute Gasteiger partial charge is 0.0830 e. The lowest BCUT2D eigenvalue weighted by Crippen LogP contribution is -1.92. The first-order chi connectivity index (χ1) is 8.28. The fraction of sp³-hybridized carbons (Fsp3) is 0.429. The highest BCUT2D eigenvalue weighted by atomic mass is 15.4. The highest BCUT2D eigenvalue weighted by Gasteiger charge is 2.00. The molecule has 0 aliphatic heterocycles. The van der Waals surface area contributed by atoms with Crippen molar-refractivity contribution in [3.8, 4) is 0 Å². The number of hydrogen-bond donors (Lipinski definition) is 0. The van der Waals surface area contributed by atoms with Crippen LogP contribution in [-0.4, -0.2) is 15.0 Å². The van der Waals surface area contributed by atoms with Crippen LogP contribution in [0.15, 0.2) is 30.5 Å². The second-order valence-electron chi connectivity index (χ2n) is 4.45.